The third-order valence-electron chi connectivity index (χ3n) is 5.69. The predicted octanol–water partition coefficient (Wildman–Crippen LogP) is 3.42. The third kappa shape index (κ3) is 3.50. The average molecular weight is 422 g/mol. The first-order valence-corrected chi connectivity index (χ1v) is 10.7. The zero-order valence-electron chi connectivity index (χ0n) is 17.4. The minimum Gasteiger partial charge on any atom is -0.366 e. The minimum absolute atomic E-state index is 0.408. The highest BCUT2D eigenvalue weighted by Crippen LogP contribution is 2.23. The molecule has 6 rings (SSSR count). The quantitative estimate of drug-likeness (QED) is 0.452. The van der Waals surface area contributed by atoms with E-state index >= 15 is 0 Å². The number of rotatable bonds is 5. The second-order valence-electron chi connectivity index (χ2n) is 7.88. The highest BCUT2D eigenvalue weighted by molar-refractivity contribution is 5.64. The van der Waals surface area contributed by atoms with E-state index in [4.69, 9.17) is 10.1 Å². The fourth-order valence-electron chi connectivity index (χ4n) is 4.02. The van der Waals surface area contributed by atoms with Crippen LogP contribution in [0.4, 0.5) is 5.82 Å². The van der Waals surface area contributed by atoms with Crippen molar-refractivity contribution in [2.75, 3.05) is 18.4 Å². The molecule has 2 N–H and O–H groups in total. The minimum atomic E-state index is 0.408. The normalized spacial score (nSPS) is 15.9. The van der Waals surface area contributed by atoms with Gasteiger partial charge in [0.25, 0.3) is 0 Å². The molecule has 32 heavy (non-hydrogen) atoms. The molecule has 8 heteroatoms. The number of anilines is 1. The van der Waals surface area contributed by atoms with Crippen LogP contribution >= 0.6 is 0 Å². The van der Waals surface area contributed by atoms with Gasteiger partial charge in [-0.25, -0.2) is 19.2 Å². The molecule has 8 nitrogen and oxygen atoms in total. The summed E-state index contributed by atoms with van der Waals surface area (Å²) in [7, 11) is 0. The summed E-state index contributed by atoms with van der Waals surface area (Å²) in [6, 6.07) is 20.4. The maximum atomic E-state index is 4.85. The van der Waals surface area contributed by atoms with Crippen molar-refractivity contribution in [2.45, 2.75) is 12.5 Å². The summed E-state index contributed by atoms with van der Waals surface area (Å²) in [5.74, 6) is 0.867. The van der Waals surface area contributed by atoms with Crippen molar-refractivity contribution in [3.63, 3.8) is 0 Å². The van der Waals surface area contributed by atoms with E-state index < -0.39 is 0 Å². The van der Waals surface area contributed by atoms with E-state index in [2.05, 4.69) is 20.7 Å². The predicted molar refractivity (Wildman–Crippen MR) is 124 cm³/mol. The first-order valence-electron chi connectivity index (χ1n) is 10.7. The van der Waals surface area contributed by atoms with Crippen LogP contribution in [0.15, 0.2) is 79.3 Å². The molecule has 1 aromatic carbocycles. The van der Waals surface area contributed by atoms with Crippen LogP contribution < -0.4 is 10.6 Å². The lowest BCUT2D eigenvalue weighted by Gasteiger charge is -2.12. The fraction of sp³-hybridized carbons (Fsp3) is 0.167. The van der Waals surface area contributed by atoms with Crippen molar-refractivity contribution in [1.29, 1.82) is 0 Å². The lowest BCUT2D eigenvalue weighted by Crippen LogP contribution is -2.22. The van der Waals surface area contributed by atoms with Crippen molar-refractivity contribution in [3.8, 4) is 28.3 Å². The van der Waals surface area contributed by atoms with Gasteiger partial charge in [-0.3, -0.25) is 0 Å². The van der Waals surface area contributed by atoms with Gasteiger partial charge >= 0.3 is 0 Å². The largest absolute Gasteiger partial charge is 0.366 e. The number of pyridine rings is 1. The van der Waals surface area contributed by atoms with Crippen LogP contribution in [-0.4, -0.2) is 48.5 Å². The number of aromatic nitrogens is 6. The van der Waals surface area contributed by atoms with E-state index in [-0.39, 0.29) is 0 Å². The molecule has 1 aliphatic heterocycles. The molecular formula is C24H22N8. The number of hydrogen-bond donors (Lipinski definition) is 2. The average Bonchev–Trinajstić information content (AvgIpc) is 3.60. The topological polar surface area (TPSA) is 85.0 Å². The van der Waals surface area contributed by atoms with Crippen molar-refractivity contribution in [1.82, 2.24) is 34.7 Å². The lowest BCUT2D eigenvalue weighted by atomic mass is 10.2. The molecule has 0 saturated carbocycles. The Morgan fingerprint density at radius 3 is 2.75 bits per heavy atom. The molecule has 1 aliphatic rings. The van der Waals surface area contributed by atoms with E-state index in [1.54, 1.807) is 0 Å². The van der Waals surface area contributed by atoms with E-state index in [1.807, 2.05) is 88.5 Å². The number of fused-ring (bicyclic) bond motifs is 1. The smallest absolute Gasteiger partial charge is 0.154 e. The zero-order chi connectivity index (χ0) is 21.3. The molecular weight excluding hydrogens is 400 g/mol. The summed E-state index contributed by atoms with van der Waals surface area (Å²) in [6.07, 6.45) is 6.74. The second-order valence-corrected chi connectivity index (χ2v) is 7.88. The van der Waals surface area contributed by atoms with Crippen LogP contribution in [0.5, 0.6) is 0 Å². The van der Waals surface area contributed by atoms with Crippen LogP contribution in [0.2, 0.25) is 0 Å². The molecule has 1 saturated heterocycles. The molecule has 0 amide bonds. The van der Waals surface area contributed by atoms with E-state index in [0.717, 1.165) is 59.3 Å². The van der Waals surface area contributed by atoms with Gasteiger partial charge in [-0.05, 0) is 49.4 Å². The Morgan fingerprint density at radius 2 is 1.88 bits per heavy atom. The summed E-state index contributed by atoms with van der Waals surface area (Å²) < 4.78 is 3.70. The van der Waals surface area contributed by atoms with E-state index in [0.29, 0.717) is 6.04 Å². The Hall–Kier alpha value is -4.04. The summed E-state index contributed by atoms with van der Waals surface area (Å²) in [5, 5.41) is 16.2. The second kappa shape index (κ2) is 7.90. The molecule has 5 aromatic rings. The number of nitrogens with one attached hydrogen (secondary N) is 2. The molecule has 158 valence electrons. The van der Waals surface area contributed by atoms with Gasteiger partial charge < -0.3 is 10.6 Å². The van der Waals surface area contributed by atoms with E-state index in [1.165, 1.54) is 0 Å². The highest BCUT2D eigenvalue weighted by Gasteiger charge is 2.16. The van der Waals surface area contributed by atoms with Gasteiger partial charge in [-0.1, -0.05) is 24.3 Å². The molecule has 0 spiro atoms. The Bertz CT molecular complexity index is 1370. The summed E-state index contributed by atoms with van der Waals surface area (Å²) in [6.45, 7) is 2.00. The van der Waals surface area contributed by atoms with Gasteiger partial charge in [-0.15, -0.1) is 0 Å². The molecule has 0 aliphatic carbocycles. The Labute approximate surface area is 185 Å². The van der Waals surface area contributed by atoms with Crippen LogP contribution in [0, 0.1) is 0 Å². The van der Waals surface area contributed by atoms with Gasteiger partial charge in [0.05, 0.1) is 29.5 Å². The first kappa shape index (κ1) is 18.7. The van der Waals surface area contributed by atoms with Crippen molar-refractivity contribution in [2.24, 2.45) is 0 Å². The maximum absolute atomic E-state index is 4.85. The molecule has 1 fully saturated rings. The van der Waals surface area contributed by atoms with Crippen LogP contribution in [-0.2, 0) is 0 Å². The molecule has 4 aromatic heterocycles. The standard InChI is InChI=1S/C24H22N8/c1-2-5-19(6-3-1)31-16-17(13-27-31)20-9-10-24-26-15-22(32(24)30-20)21-7-4-8-23(29-21)28-18-11-12-25-14-18/h1-10,13,15-16,18,25H,11-12,14H2,(H,28,29). The number of benzene rings is 1. The number of para-hydroxylation sites is 1. The van der Waals surface area contributed by atoms with Gasteiger partial charge in [0.1, 0.15) is 11.5 Å². The SMILES string of the molecule is c1ccc(-n2cc(-c3ccc4ncc(-c5cccc(NC6CCNC6)n5)n4n3)cn2)cc1. The Kier molecular flexibility index (Phi) is 4.62. The number of hydrogen-bond acceptors (Lipinski definition) is 6. The lowest BCUT2D eigenvalue weighted by molar-refractivity contribution is 0.788. The first-order chi connectivity index (χ1) is 15.8. The number of imidazole rings is 1. The van der Waals surface area contributed by atoms with Gasteiger partial charge in [-0.2, -0.15) is 10.2 Å². The fourth-order valence-corrected chi connectivity index (χ4v) is 4.02. The summed E-state index contributed by atoms with van der Waals surface area (Å²) >= 11 is 0. The maximum Gasteiger partial charge on any atom is 0.154 e. The third-order valence-corrected chi connectivity index (χ3v) is 5.69. The molecule has 1 unspecified atom stereocenters. The zero-order valence-corrected chi connectivity index (χ0v) is 17.4. The van der Waals surface area contributed by atoms with Crippen molar-refractivity contribution < 1.29 is 0 Å². The van der Waals surface area contributed by atoms with Crippen LogP contribution in [0.25, 0.3) is 34.0 Å². The van der Waals surface area contributed by atoms with Crippen molar-refractivity contribution >= 4 is 11.5 Å². The van der Waals surface area contributed by atoms with Gasteiger partial charge in [0.15, 0.2) is 5.65 Å². The van der Waals surface area contributed by atoms with Gasteiger partial charge in [0.2, 0.25) is 0 Å². The van der Waals surface area contributed by atoms with Crippen LogP contribution in [0.3, 0.4) is 0 Å². The Morgan fingerprint density at radius 1 is 0.938 bits per heavy atom. The van der Waals surface area contributed by atoms with Gasteiger partial charge in [0, 0.05) is 24.3 Å². The highest BCUT2D eigenvalue weighted by atomic mass is 15.3. The van der Waals surface area contributed by atoms with E-state index in [9.17, 15) is 0 Å². The van der Waals surface area contributed by atoms with Crippen LogP contribution in [0.1, 0.15) is 6.42 Å². The van der Waals surface area contributed by atoms with Crippen molar-refractivity contribution in [3.05, 3.63) is 79.3 Å². The molecule has 5 heterocycles. The molecule has 0 bridgehead atoms. The summed E-state index contributed by atoms with van der Waals surface area (Å²) in [5.41, 5.74) is 5.23. The number of nitrogens with zero attached hydrogens (tertiary/aromatic N) is 6. The molecule has 1 atom stereocenters. The Balaban J connectivity index is 1.34. The monoisotopic (exact) mass is 422 g/mol. The summed E-state index contributed by atoms with van der Waals surface area (Å²) in [4.78, 5) is 9.34. The molecule has 0 radical (unpaired) electrons.